The molecule has 0 bridgehead atoms. The van der Waals surface area contributed by atoms with Crippen LogP contribution in [0.15, 0.2) is 10.5 Å². The molecule has 3 atom stereocenters. The molecule has 0 aliphatic carbocycles. The number of fused-ring (bicyclic) bond motifs is 1. The van der Waals surface area contributed by atoms with Gasteiger partial charge in [0.2, 0.25) is 5.91 Å². The van der Waals surface area contributed by atoms with E-state index in [9.17, 15) is 24.3 Å². The molecule has 2 saturated heterocycles. The lowest BCUT2D eigenvalue weighted by atomic mass is 9.88. The number of nitrogen functional groups attached to an aromatic ring is 1. The predicted octanol–water partition coefficient (Wildman–Crippen LogP) is -0.578. The molecule has 0 spiro atoms. The molecule has 1 aromatic rings. The Morgan fingerprint density at radius 1 is 1.47 bits per heavy atom. The summed E-state index contributed by atoms with van der Waals surface area (Å²) in [6.45, 7) is 1.52. The van der Waals surface area contributed by atoms with Gasteiger partial charge in [-0.3, -0.25) is 14.4 Å². The van der Waals surface area contributed by atoms with Gasteiger partial charge in [-0.15, -0.1) is 23.1 Å². The molecule has 1 aromatic heterocycles. The molecule has 0 aromatic carbocycles. The third-order valence-electron chi connectivity index (χ3n) is 4.81. The average Bonchev–Trinajstić information content (AvgIpc) is 3.18. The topological polar surface area (TPSA) is 200 Å². The summed E-state index contributed by atoms with van der Waals surface area (Å²) in [6, 6.07) is -0.885. The van der Waals surface area contributed by atoms with Gasteiger partial charge in [0.1, 0.15) is 35.7 Å². The maximum Gasteiger partial charge on any atom is 0.404 e. The van der Waals surface area contributed by atoms with Crippen molar-refractivity contribution in [3.05, 3.63) is 11.1 Å². The lowest BCUT2D eigenvalue weighted by Gasteiger charge is -2.53. The van der Waals surface area contributed by atoms with E-state index in [0.29, 0.717) is 6.42 Å². The maximum atomic E-state index is 12.8. The number of carboxylic acid groups (broad SMARTS) is 1. The average molecular weight is 487 g/mol. The predicted molar refractivity (Wildman–Crippen MR) is 115 cm³/mol. The van der Waals surface area contributed by atoms with Crippen molar-refractivity contribution in [1.29, 1.82) is 0 Å². The fraction of sp³-hybridized carbons (Fsp3) is 0.529. The summed E-state index contributed by atoms with van der Waals surface area (Å²) < 4.78 is 4.70. The van der Waals surface area contributed by atoms with Crippen LogP contribution in [0, 0.1) is 5.41 Å². The van der Waals surface area contributed by atoms with Crippen molar-refractivity contribution in [2.45, 2.75) is 24.8 Å². The van der Waals surface area contributed by atoms with Crippen molar-refractivity contribution in [3.63, 3.8) is 0 Å². The van der Waals surface area contributed by atoms with Gasteiger partial charge in [-0.1, -0.05) is 12.1 Å². The van der Waals surface area contributed by atoms with Crippen molar-refractivity contribution in [2.75, 3.05) is 31.2 Å². The van der Waals surface area contributed by atoms with Crippen LogP contribution < -0.4 is 16.8 Å². The molecule has 2 aliphatic rings. The van der Waals surface area contributed by atoms with Crippen LogP contribution in [-0.4, -0.2) is 81.5 Å². The number of nitrogens with two attached hydrogens (primary N) is 2. The summed E-state index contributed by atoms with van der Waals surface area (Å²) in [7, 11) is 0. The van der Waals surface area contributed by atoms with Crippen LogP contribution in [0.2, 0.25) is 0 Å². The monoisotopic (exact) mass is 486 g/mol. The Morgan fingerprint density at radius 3 is 2.81 bits per heavy atom. The zero-order valence-corrected chi connectivity index (χ0v) is 18.6. The minimum absolute atomic E-state index is 0.0552. The smallest absolute Gasteiger partial charge is 0.404 e. The number of hydrogen-bond donors (Lipinski definition) is 4. The number of β-lactam (4-membered cyclic amide) rings is 1. The van der Waals surface area contributed by atoms with Crippen LogP contribution in [0.4, 0.5) is 9.93 Å². The molecule has 6 N–H and O–H groups in total. The number of aromatic nitrogens is 1. The number of primary amides is 1. The van der Waals surface area contributed by atoms with Crippen molar-refractivity contribution in [1.82, 2.24) is 15.2 Å². The first-order valence-electron chi connectivity index (χ1n) is 9.48. The molecule has 2 unspecified atom stereocenters. The normalized spacial score (nSPS) is 24.8. The van der Waals surface area contributed by atoms with Crippen molar-refractivity contribution in [3.8, 4) is 0 Å². The highest BCUT2D eigenvalue weighted by molar-refractivity contribution is 8.00. The number of carbonyl (C=O) groups excluding carboxylic acids is 3. The summed E-state index contributed by atoms with van der Waals surface area (Å²) in [4.78, 5) is 58.7. The molecule has 3 rings (SSSR count). The van der Waals surface area contributed by atoms with Gasteiger partial charge in [-0.05, 0) is 6.42 Å². The second-order valence-corrected chi connectivity index (χ2v) is 9.15. The van der Waals surface area contributed by atoms with Crippen molar-refractivity contribution >= 4 is 57.8 Å². The number of carboxylic acids is 1. The number of oxime groups is 1. The van der Waals surface area contributed by atoms with Crippen molar-refractivity contribution < 1.29 is 33.9 Å². The number of nitrogens with one attached hydrogen (secondary N) is 1. The van der Waals surface area contributed by atoms with E-state index in [1.807, 2.05) is 6.92 Å². The first-order valence-corrected chi connectivity index (χ1v) is 11.4. The standard InChI is InChI=1S/C17H22N6O7S2/c1-2-3-30-22-9(8-4-31-15(18)20-8)11(24)21-10-12(25)23-5-17(14(26)27,6-29-16(19)28)7-32-13(10)23/h4,10,13H,2-3,5-7H2,1H3,(H2,18,20)(H2,19,28)(H,21,24)(H,26,27)/t10?,13-,17?/m1/s1. The number of amides is 3. The van der Waals surface area contributed by atoms with Gasteiger partial charge < -0.3 is 36.4 Å². The molecule has 0 saturated carbocycles. The number of aliphatic carboxylic acids is 1. The molecule has 32 heavy (non-hydrogen) atoms. The fourth-order valence-corrected chi connectivity index (χ4v) is 5.20. The quantitative estimate of drug-likeness (QED) is 0.151. The van der Waals surface area contributed by atoms with E-state index < -0.39 is 47.3 Å². The van der Waals surface area contributed by atoms with E-state index in [2.05, 4.69) is 15.5 Å². The van der Waals surface area contributed by atoms with Gasteiger partial charge in [-0.2, -0.15) is 0 Å². The SMILES string of the molecule is CCCON=C(C(=O)NC1C(=O)N2CC(COC(N)=O)(C(=O)O)CS[C@H]12)c1csc(N)n1. The van der Waals surface area contributed by atoms with Crippen LogP contribution in [0.1, 0.15) is 19.0 Å². The van der Waals surface area contributed by atoms with Gasteiger partial charge in [-0.25, -0.2) is 9.78 Å². The van der Waals surface area contributed by atoms with E-state index in [4.69, 9.17) is 21.0 Å². The number of ether oxygens (including phenoxy) is 1. The lowest BCUT2D eigenvalue weighted by Crippen LogP contribution is -2.74. The third kappa shape index (κ3) is 4.72. The largest absolute Gasteiger partial charge is 0.481 e. The minimum atomic E-state index is -1.49. The second kappa shape index (κ2) is 9.60. The number of anilines is 1. The maximum absolute atomic E-state index is 12.8. The lowest BCUT2D eigenvalue weighted by molar-refractivity contribution is -0.160. The summed E-state index contributed by atoms with van der Waals surface area (Å²) in [5.74, 6) is -2.29. The summed E-state index contributed by atoms with van der Waals surface area (Å²) in [5, 5.41) is 17.4. The number of hydrogen-bond acceptors (Lipinski definition) is 11. The Hall–Kier alpha value is -3.07. The molecule has 2 aliphatic heterocycles. The number of carbonyl (C=O) groups is 4. The molecule has 0 radical (unpaired) electrons. The van der Waals surface area contributed by atoms with Crippen LogP contribution in [-0.2, 0) is 24.0 Å². The number of thioether (sulfide) groups is 1. The van der Waals surface area contributed by atoms with Crippen LogP contribution in [0.25, 0.3) is 0 Å². The number of nitrogens with zero attached hydrogens (tertiary/aromatic N) is 3. The van der Waals surface area contributed by atoms with E-state index in [1.165, 1.54) is 4.90 Å². The van der Waals surface area contributed by atoms with Crippen molar-refractivity contribution in [2.24, 2.45) is 16.3 Å². The summed E-state index contributed by atoms with van der Waals surface area (Å²) in [6.07, 6.45) is -0.422. The van der Waals surface area contributed by atoms with Crippen LogP contribution in [0.5, 0.6) is 0 Å². The van der Waals surface area contributed by atoms with Gasteiger partial charge in [0.15, 0.2) is 10.8 Å². The van der Waals surface area contributed by atoms with E-state index in [-0.39, 0.29) is 35.4 Å². The minimum Gasteiger partial charge on any atom is -0.481 e. The molecular weight excluding hydrogens is 464 g/mol. The fourth-order valence-electron chi connectivity index (χ4n) is 3.13. The van der Waals surface area contributed by atoms with Crippen LogP contribution >= 0.6 is 23.1 Å². The van der Waals surface area contributed by atoms with E-state index in [1.54, 1.807) is 5.38 Å². The molecular formula is C17H22N6O7S2. The molecule has 15 heteroatoms. The first kappa shape index (κ1) is 23.6. The highest BCUT2D eigenvalue weighted by atomic mass is 32.2. The first-order chi connectivity index (χ1) is 15.2. The van der Waals surface area contributed by atoms with Crippen LogP contribution in [0.3, 0.4) is 0 Å². The van der Waals surface area contributed by atoms with Gasteiger partial charge in [0.05, 0.1) is 0 Å². The zero-order chi connectivity index (χ0) is 23.5. The Morgan fingerprint density at radius 2 is 2.22 bits per heavy atom. The van der Waals surface area contributed by atoms with E-state index in [0.717, 1.165) is 23.1 Å². The van der Waals surface area contributed by atoms with E-state index >= 15 is 0 Å². The van der Waals surface area contributed by atoms with Gasteiger partial charge >= 0.3 is 12.1 Å². The molecule has 3 heterocycles. The van der Waals surface area contributed by atoms with Gasteiger partial charge in [0, 0.05) is 17.7 Å². The molecule has 174 valence electrons. The Kier molecular flexibility index (Phi) is 7.08. The molecule has 13 nitrogen and oxygen atoms in total. The molecule has 2 fully saturated rings. The Balaban J connectivity index is 1.70. The van der Waals surface area contributed by atoms with Gasteiger partial charge in [0.25, 0.3) is 5.91 Å². The summed E-state index contributed by atoms with van der Waals surface area (Å²) in [5.41, 5.74) is 9.20. The third-order valence-corrected chi connectivity index (χ3v) is 7.07. The number of thiazole rings is 1. The second-order valence-electron chi connectivity index (χ2n) is 7.16. The summed E-state index contributed by atoms with van der Waals surface area (Å²) >= 11 is 2.29. The zero-order valence-electron chi connectivity index (χ0n) is 17.0. The number of rotatable bonds is 9. The Bertz CT molecular complexity index is 954. The Labute approximate surface area is 190 Å². The highest BCUT2D eigenvalue weighted by Gasteiger charge is 2.58. The molecule has 3 amide bonds. The highest BCUT2D eigenvalue weighted by Crippen LogP contribution is 2.42.